The average molecular weight is 174 g/mol. The van der Waals surface area contributed by atoms with Gasteiger partial charge in [-0.3, -0.25) is 0 Å². The molecule has 0 N–H and O–H groups in total. The Labute approximate surface area is 72.0 Å². The smallest absolute Gasteiger partial charge is 0.273 e. The van der Waals surface area contributed by atoms with Crippen LogP contribution in [0.2, 0.25) is 0 Å². The van der Waals surface area contributed by atoms with Crippen LogP contribution in [0, 0.1) is 0 Å². The molecule has 0 amide bonds. The van der Waals surface area contributed by atoms with E-state index in [2.05, 4.69) is 6.92 Å². The molecular weight excluding hydrogens is 156 g/mol. The Morgan fingerprint density at radius 2 is 1.55 bits per heavy atom. The molecule has 0 bridgehead atoms. The molecule has 0 aliphatic carbocycles. The predicted octanol–water partition coefficient (Wildman–Crippen LogP) is 1.00. The summed E-state index contributed by atoms with van der Waals surface area (Å²) >= 11 is 0. The van der Waals surface area contributed by atoms with Crippen LogP contribution in [0.25, 0.3) is 0 Å². The zero-order valence-corrected chi connectivity index (χ0v) is 9.94. The summed E-state index contributed by atoms with van der Waals surface area (Å²) < 4.78 is 10.7. The fourth-order valence-electron chi connectivity index (χ4n) is 0.695. The van der Waals surface area contributed by atoms with Crippen molar-refractivity contribution >= 4 is 10.2 Å². The quantitative estimate of drug-likeness (QED) is 0.457. The van der Waals surface area contributed by atoms with Gasteiger partial charge in [-0.05, 0) is 25.5 Å². The maximum absolute atomic E-state index is 5.33. The van der Waals surface area contributed by atoms with Crippen LogP contribution in [0.4, 0.5) is 0 Å². The molecule has 0 unspecified atom stereocenters. The third-order valence-electron chi connectivity index (χ3n) is 1.43. The van der Waals surface area contributed by atoms with Crippen LogP contribution in [0.1, 0.15) is 27.2 Å². The van der Waals surface area contributed by atoms with Gasteiger partial charge in [-0.25, -0.2) is 0 Å². The summed E-state index contributed by atoms with van der Waals surface area (Å²) in [6, 6.07) is 0. The van der Waals surface area contributed by atoms with Crippen LogP contribution in [0.15, 0.2) is 11.1 Å². The van der Waals surface area contributed by atoms with Gasteiger partial charge in [0.2, 0.25) is 0 Å². The number of allylic oxidation sites excluding steroid dienone is 1. The minimum atomic E-state index is 0.696. The first-order valence-corrected chi connectivity index (χ1v) is 5.21. The minimum Gasteiger partial charge on any atom is -0.466 e. The van der Waals surface area contributed by atoms with Gasteiger partial charge in [0.25, 0.3) is 5.95 Å². The summed E-state index contributed by atoms with van der Waals surface area (Å²) in [5.74, 6) is 0.768. The van der Waals surface area contributed by atoms with E-state index in [9.17, 15) is 0 Å². The van der Waals surface area contributed by atoms with Crippen molar-refractivity contribution < 1.29 is 9.47 Å². The molecule has 0 spiro atoms. The van der Waals surface area contributed by atoms with Gasteiger partial charge in [-0.2, -0.15) is 0 Å². The molecule has 0 heterocycles. The van der Waals surface area contributed by atoms with Crippen molar-refractivity contribution in [2.75, 3.05) is 13.2 Å². The van der Waals surface area contributed by atoms with Crippen molar-refractivity contribution in [1.82, 2.24) is 0 Å². The Kier molecular flexibility index (Phi) is 6.03. The number of rotatable bonds is 5. The summed E-state index contributed by atoms with van der Waals surface area (Å²) in [5, 5.41) is 1.31. The lowest BCUT2D eigenvalue weighted by Crippen LogP contribution is -2.02. The second-order valence-corrected chi connectivity index (χ2v) is 3.49. The molecule has 0 rings (SSSR count). The first-order chi connectivity index (χ1) is 5.26. The number of hydrogen-bond acceptors (Lipinski definition) is 2. The highest BCUT2D eigenvalue weighted by molar-refractivity contribution is 6.21. The highest BCUT2D eigenvalue weighted by Gasteiger charge is 2.00. The zero-order chi connectivity index (χ0) is 8.69. The van der Waals surface area contributed by atoms with Crippen molar-refractivity contribution in [3.05, 3.63) is 11.1 Å². The standard InChI is InChI=1S/C8H18O2Si/c1-4-7(11)8(9-5-2)10-6-3/h4-6H2,1-3,11H3. The highest BCUT2D eigenvalue weighted by atomic mass is 28.1. The van der Waals surface area contributed by atoms with Crippen LogP contribution in [0.3, 0.4) is 0 Å². The Bertz CT molecular complexity index is 124. The Balaban J connectivity index is 4.05. The van der Waals surface area contributed by atoms with Crippen molar-refractivity contribution in [1.29, 1.82) is 0 Å². The fraction of sp³-hybridized carbons (Fsp3) is 0.750. The summed E-state index contributed by atoms with van der Waals surface area (Å²) in [6.07, 6.45) is 1.04. The van der Waals surface area contributed by atoms with Crippen LogP contribution in [-0.4, -0.2) is 23.5 Å². The van der Waals surface area contributed by atoms with Crippen molar-refractivity contribution in [2.45, 2.75) is 27.2 Å². The topological polar surface area (TPSA) is 18.5 Å². The first-order valence-electron chi connectivity index (χ1n) is 4.21. The van der Waals surface area contributed by atoms with Gasteiger partial charge in [0.15, 0.2) is 0 Å². The van der Waals surface area contributed by atoms with E-state index in [0.717, 1.165) is 22.6 Å². The van der Waals surface area contributed by atoms with Gasteiger partial charge in [0.05, 0.1) is 13.2 Å². The molecule has 0 aromatic heterocycles. The molecule has 0 aliphatic rings. The van der Waals surface area contributed by atoms with Crippen LogP contribution < -0.4 is 0 Å². The molecule has 0 aromatic rings. The monoisotopic (exact) mass is 174 g/mol. The van der Waals surface area contributed by atoms with Gasteiger partial charge in [0.1, 0.15) is 0 Å². The van der Waals surface area contributed by atoms with E-state index in [1.165, 1.54) is 5.20 Å². The fourth-order valence-corrected chi connectivity index (χ4v) is 0.983. The Hall–Kier alpha value is -0.443. The van der Waals surface area contributed by atoms with Crippen molar-refractivity contribution in [2.24, 2.45) is 0 Å². The largest absolute Gasteiger partial charge is 0.466 e. The SMILES string of the molecule is CCOC(OCC)=C([SiH3])CC. The lowest BCUT2D eigenvalue weighted by atomic mass is 10.4. The lowest BCUT2D eigenvalue weighted by Gasteiger charge is -2.11. The minimum absolute atomic E-state index is 0.696. The van der Waals surface area contributed by atoms with Gasteiger partial charge < -0.3 is 9.47 Å². The number of ether oxygens (including phenoxy) is 2. The second-order valence-electron chi connectivity index (χ2n) is 2.29. The summed E-state index contributed by atoms with van der Waals surface area (Å²) in [7, 11) is 1.03. The predicted molar refractivity (Wildman–Crippen MR) is 50.5 cm³/mol. The summed E-state index contributed by atoms with van der Waals surface area (Å²) in [5.41, 5.74) is 0. The van der Waals surface area contributed by atoms with Crippen LogP contribution in [-0.2, 0) is 9.47 Å². The lowest BCUT2D eigenvalue weighted by molar-refractivity contribution is 0.0442. The van der Waals surface area contributed by atoms with E-state index < -0.39 is 0 Å². The highest BCUT2D eigenvalue weighted by Crippen LogP contribution is 2.07. The van der Waals surface area contributed by atoms with E-state index in [1.807, 2.05) is 13.8 Å². The Morgan fingerprint density at radius 1 is 1.09 bits per heavy atom. The first kappa shape index (κ1) is 10.6. The molecule has 0 saturated heterocycles. The molecule has 0 atom stereocenters. The maximum atomic E-state index is 5.33. The third kappa shape index (κ3) is 4.09. The van der Waals surface area contributed by atoms with Gasteiger partial charge in [-0.1, -0.05) is 6.92 Å². The molecule has 0 saturated carbocycles. The van der Waals surface area contributed by atoms with Crippen LogP contribution >= 0.6 is 0 Å². The van der Waals surface area contributed by atoms with Crippen molar-refractivity contribution in [3.8, 4) is 0 Å². The molecule has 11 heavy (non-hydrogen) atoms. The van der Waals surface area contributed by atoms with Crippen LogP contribution in [0.5, 0.6) is 0 Å². The summed E-state index contributed by atoms with van der Waals surface area (Å²) in [6.45, 7) is 7.47. The molecule has 66 valence electrons. The molecule has 2 nitrogen and oxygen atoms in total. The maximum Gasteiger partial charge on any atom is 0.273 e. The third-order valence-corrected chi connectivity index (χ3v) is 2.55. The van der Waals surface area contributed by atoms with E-state index in [1.54, 1.807) is 0 Å². The molecule has 0 aliphatic heterocycles. The van der Waals surface area contributed by atoms with E-state index >= 15 is 0 Å². The zero-order valence-electron chi connectivity index (χ0n) is 7.94. The van der Waals surface area contributed by atoms with E-state index in [4.69, 9.17) is 9.47 Å². The summed E-state index contributed by atoms with van der Waals surface area (Å²) in [4.78, 5) is 0. The number of hydrogen-bond donors (Lipinski definition) is 0. The average Bonchev–Trinajstić information content (AvgIpc) is 2.03. The molecular formula is C8H18O2Si. The van der Waals surface area contributed by atoms with E-state index in [-0.39, 0.29) is 0 Å². The molecule has 0 fully saturated rings. The van der Waals surface area contributed by atoms with Gasteiger partial charge in [0, 0.05) is 10.2 Å². The van der Waals surface area contributed by atoms with E-state index in [0.29, 0.717) is 13.2 Å². The molecule has 3 heteroatoms. The van der Waals surface area contributed by atoms with Gasteiger partial charge >= 0.3 is 0 Å². The normalized spacial score (nSPS) is 9.36. The Morgan fingerprint density at radius 3 is 1.82 bits per heavy atom. The van der Waals surface area contributed by atoms with Crippen molar-refractivity contribution in [3.63, 3.8) is 0 Å². The molecule has 0 radical (unpaired) electrons. The molecule has 0 aromatic carbocycles. The second kappa shape index (κ2) is 6.28. The van der Waals surface area contributed by atoms with Gasteiger partial charge in [-0.15, -0.1) is 0 Å².